The van der Waals surface area contributed by atoms with E-state index in [1.54, 1.807) is 24.3 Å². The second-order valence-corrected chi connectivity index (χ2v) is 5.81. The minimum absolute atomic E-state index is 0. The Hall–Kier alpha value is -1.79. The van der Waals surface area contributed by atoms with Gasteiger partial charge in [-0.3, -0.25) is 9.59 Å². The molecule has 24 heavy (non-hydrogen) atoms. The molecular weight excluding hydrogens is 332 g/mol. The van der Waals surface area contributed by atoms with Crippen LogP contribution in [0.4, 0.5) is 5.69 Å². The fraction of sp³-hybridized carbons (Fsp3) is 0.529. The van der Waals surface area contributed by atoms with E-state index in [2.05, 4.69) is 10.1 Å². The molecule has 1 aromatic carbocycles. The van der Waals surface area contributed by atoms with E-state index in [9.17, 15) is 9.59 Å². The predicted octanol–water partition coefficient (Wildman–Crippen LogP) is 2.51. The summed E-state index contributed by atoms with van der Waals surface area (Å²) < 4.78 is 9.98. The first kappa shape index (κ1) is 20.3. The number of halogens is 1. The van der Waals surface area contributed by atoms with Gasteiger partial charge in [0.05, 0.1) is 20.1 Å². The minimum atomic E-state index is -0.306. The maximum Gasteiger partial charge on any atom is 0.308 e. The molecule has 0 saturated heterocycles. The van der Waals surface area contributed by atoms with Gasteiger partial charge in [-0.05, 0) is 43.5 Å². The van der Waals surface area contributed by atoms with Crippen molar-refractivity contribution >= 4 is 30.0 Å². The molecule has 1 aliphatic carbocycles. The zero-order chi connectivity index (χ0) is 16.7. The Bertz CT molecular complexity index is 536. The molecule has 0 aromatic heterocycles. The molecule has 0 bridgehead atoms. The largest absolute Gasteiger partial charge is 0.493 e. The second kappa shape index (κ2) is 10.2. The first-order valence-electron chi connectivity index (χ1n) is 7.94. The van der Waals surface area contributed by atoms with Crippen LogP contribution in [0.1, 0.15) is 32.1 Å². The number of nitrogens with two attached hydrogens (primary N) is 1. The summed E-state index contributed by atoms with van der Waals surface area (Å²) >= 11 is 0. The number of hydrogen-bond acceptors (Lipinski definition) is 5. The van der Waals surface area contributed by atoms with Crippen LogP contribution in [0, 0.1) is 5.92 Å². The van der Waals surface area contributed by atoms with Crippen molar-refractivity contribution in [2.75, 3.05) is 19.0 Å². The number of amides is 1. The van der Waals surface area contributed by atoms with Gasteiger partial charge in [0.2, 0.25) is 5.91 Å². The van der Waals surface area contributed by atoms with Gasteiger partial charge in [-0.25, -0.2) is 0 Å². The highest BCUT2D eigenvalue weighted by Gasteiger charge is 2.25. The summed E-state index contributed by atoms with van der Waals surface area (Å²) in [4.78, 5) is 23.2. The van der Waals surface area contributed by atoms with Gasteiger partial charge in [-0.1, -0.05) is 6.42 Å². The van der Waals surface area contributed by atoms with Gasteiger partial charge in [0.1, 0.15) is 5.75 Å². The minimum Gasteiger partial charge on any atom is -0.493 e. The predicted molar refractivity (Wildman–Crippen MR) is 94.4 cm³/mol. The number of anilines is 1. The fourth-order valence-corrected chi connectivity index (χ4v) is 2.70. The van der Waals surface area contributed by atoms with Crippen LogP contribution in [0.2, 0.25) is 0 Å². The Morgan fingerprint density at radius 3 is 2.58 bits per heavy atom. The van der Waals surface area contributed by atoms with Gasteiger partial charge < -0.3 is 20.5 Å². The standard InChI is InChI=1S/C17H24N2O4.ClH/c1-22-16(20)9-10-23-15-7-5-14(6-8-15)19-17(21)12-3-2-4-13(18)11-12;/h5-8,12-13H,2-4,9-11,18H2,1H3,(H,19,21);1H. The fourth-order valence-electron chi connectivity index (χ4n) is 2.70. The molecule has 0 spiro atoms. The topological polar surface area (TPSA) is 90.6 Å². The molecule has 0 heterocycles. The molecule has 0 aliphatic heterocycles. The van der Waals surface area contributed by atoms with E-state index < -0.39 is 0 Å². The van der Waals surface area contributed by atoms with E-state index >= 15 is 0 Å². The first-order chi connectivity index (χ1) is 11.1. The number of benzene rings is 1. The van der Waals surface area contributed by atoms with Crippen molar-refractivity contribution in [3.63, 3.8) is 0 Å². The lowest BCUT2D eigenvalue weighted by molar-refractivity contribution is -0.141. The van der Waals surface area contributed by atoms with E-state index in [0.29, 0.717) is 5.75 Å². The zero-order valence-corrected chi connectivity index (χ0v) is 14.6. The molecule has 1 aromatic rings. The van der Waals surface area contributed by atoms with Crippen molar-refractivity contribution in [1.29, 1.82) is 0 Å². The molecule has 1 amide bonds. The SMILES string of the molecule is COC(=O)CCOc1ccc(NC(=O)C2CCCC(N)C2)cc1.Cl. The van der Waals surface area contributed by atoms with Gasteiger partial charge in [0, 0.05) is 17.6 Å². The van der Waals surface area contributed by atoms with Crippen LogP contribution < -0.4 is 15.8 Å². The lowest BCUT2D eigenvalue weighted by Gasteiger charge is -2.25. The van der Waals surface area contributed by atoms with Crippen LogP contribution in [0.15, 0.2) is 24.3 Å². The lowest BCUT2D eigenvalue weighted by atomic mass is 9.85. The van der Waals surface area contributed by atoms with Crippen LogP contribution in [-0.2, 0) is 14.3 Å². The number of esters is 1. The summed E-state index contributed by atoms with van der Waals surface area (Å²) in [5.41, 5.74) is 6.66. The third kappa shape index (κ3) is 6.37. The molecule has 2 unspecified atom stereocenters. The third-order valence-corrected chi connectivity index (χ3v) is 4.01. The first-order valence-corrected chi connectivity index (χ1v) is 7.94. The molecule has 6 nitrogen and oxygen atoms in total. The molecule has 1 aliphatic rings. The highest BCUT2D eigenvalue weighted by atomic mass is 35.5. The molecule has 134 valence electrons. The van der Waals surface area contributed by atoms with E-state index in [4.69, 9.17) is 10.5 Å². The van der Waals surface area contributed by atoms with Crippen molar-refractivity contribution in [3.05, 3.63) is 24.3 Å². The number of ether oxygens (including phenoxy) is 2. The number of carbonyl (C=O) groups excluding carboxylic acids is 2. The molecule has 2 atom stereocenters. The highest BCUT2D eigenvalue weighted by Crippen LogP contribution is 2.25. The van der Waals surface area contributed by atoms with Crippen LogP contribution >= 0.6 is 12.4 Å². The molecule has 7 heteroatoms. The Labute approximate surface area is 148 Å². The number of rotatable bonds is 6. The van der Waals surface area contributed by atoms with Gasteiger partial charge in [0.25, 0.3) is 0 Å². The Morgan fingerprint density at radius 2 is 1.96 bits per heavy atom. The van der Waals surface area contributed by atoms with Crippen molar-refractivity contribution in [3.8, 4) is 5.75 Å². The Kier molecular flexibility index (Phi) is 8.57. The van der Waals surface area contributed by atoms with Crippen LogP contribution in [-0.4, -0.2) is 31.6 Å². The monoisotopic (exact) mass is 356 g/mol. The Balaban J connectivity index is 0.00000288. The normalized spacial score (nSPS) is 19.8. The van der Waals surface area contributed by atoms with Crippen LogP contribution in [0.25, 0.3) is 0 Å². The van der Waals surface area contributed by atoms with Crippen molar-refractivity contribution in [2.45, 2.75) is 38.1 Å². The summed E-state index contributed by atoms with van der Waals surface area (Å²) in [6.45, 7) is 0.262. The average Bonchev–Trinajstić information content (AvgIpc) is 2.56. The number of hydrogen-bond donors (Lipinski definition) is 2. The molecule has 3 N–H and O–H groups in total. The smallest absolute Gasteiger partial charge is 0.308 e. The third-order valence-electron chi connectivity index (χ3n) is 4.01. The van der Waals surface area contributed by atoms with Gasteiger partial charge in [0.15, 0.2) is 0 Å². The Morgan fingerprint density at radius 1 is 1.25 bits per heavy atom. The molecule has 1 saturated carbocycles. The van der Waals surface area contributed by atoms with Crippen molar-refractivity contribution < 1.29 is 19.1 Å². The number of nitrogens with one attached hydrogen (secondary N) is 1. The van der Waals surface area contributed by atoms with Crippen LogP contribution in [0.3, 0.4) is 0 Å². The van der Waals surface area contributed by atoms with E-state index in [0.717, 1.165) is 31.4 Å². The average molecular weight is 357 g/mol. The maximum absolute atomic E-state index is 12.2. The van der Waals surface area contributed by atoms with Gasteiger partial charge in [-0.2, -0.15) is 0 Å². The summed E-state index contributed by atoms with van der Waals surface area (Å²) in [6.07, 6.45) is 3.86. The van der Waals surface area contributed by atoms with E-state index in [1.807, 2.05) is 0 Å². The van der Waals surface area contributed by atoms with Crippen molar-refractivity contribution in [1.82, 2.24) is 0 Å². The second-order valence-electron chi connectivity index (χ2n) is 5.81. The highest BCUT2D eigenvalue weighted by molar-refractivity contribution is 5.92. The summed E-state index contributed by atoms with van der Waals surface area (Å²) in [5.74, 6) is 0.361. The number of carbonyl (C=O) groups is 2. The lowest BCUT2D eigenvalue weighted by Crippen LogP contribution is -2.34. The maximum atomic E-state index is 12.2. The molecule has 1 fully saturated rings. The zero-order valence-electron chi connectivity index (χ0n) is 13.8. The summed E-state index contributed by atoms with van der Waals surface area (Å²) in [6, 6.07) is 7.23. The quantitative estimate of drug-likeness (QED) is 0.764. The summed E-state index contributed by atoms with van der Waals surface area (Å²) in [5, 5.41) is 2.92. The molecule has 2 rings (SSSR count). The van der Waals surface area contributed by atoms with Gasteiger partial charge >= 0.3 is 5.97 Å². The van der Waals surface area contributed by atoms with Gasteiger partial charge in [-0.15, -0.1) is 12.4 Å². The summed E-state index contributed by atoms with van der Waals surface area (Å²) in [7, 11) is 1.35. The van der Waals surface area contributed by atoms with Crippen LogP contribution in [0.5, 0.6) is 5.75 Å². The van der Waals surface area contributed by atoms with E-state index in [-0.39, 0.29) is 49.3 Å². The molecular formula is C17H25ClN2O4. The molecule has 0 radical (unpaired) electrons. The number of methoxy groups -OCH3 is 1. The van der Waals surface area contributed by atoms with E-state index in [1.165, 1.54) is 7.11 Å². The van der Waals surface area contributed by atoms with Crippen molar-refractivity contribution in [2.24, 2.45) is 11.7 Å².